The number of carboxylic acids is 1. The third-order valence-corrected chi connectivity index (χ3v) is 13.8. The van der Waals surface area contributed by atoms with Crippen LogP contribution in [0, 0.1) is 11.8 Å². The van der Waals surface area contributed by atoms with Crippen molar-refractivity contribution in [1.29, 1.82) is 0 Å². The summed E-state index contributed by atoms with van der Waals surface area (Å²) in [6.07, 6.45) is 3.45. The highest BCUT2D eigenvalue weighted by atomic mass is 16.4. The maximum Gasteiger partial charge on any atom is 0.326 e. The summed E-state index contributed by atoms with van der Waals surface area (Å²) in [5.74, 6) is -6.42. The van der Waals surface area contributed by atoms with Crippen LogP contribution in [0.1, 0.15) is 117 Å². The molecule has 0 unspecified atom stereocenters. The molecule has 0 saturated carbocycles. The van der Waals surface area contributed by atoms with Crippen LogP contribution in [0.4, 0.5) is 0 Å². The normalized spacial score (nSPS) is 19.5. The van der Waals surface area contributed by atoms with Crippen LogP contribution >= 0.6 is 0 Å². The zero-order valence-electron chi connectivity index (χ0n) is 45.1. The zero-order valence-corrected chi connectivity index (χ0v) is 45.1. The van der Waals surface area contributed by atoms with Crippen molar-refractivity contribution < 1.29 is 53.4 Å². The Morgan fingerprint density at radius 1 is 0.584 bits per heavy atom. The Morgan fingerprint density at radius 2 is 1.04 bits per heavy atom. The number of aromatic hydroxyl groups is 1. The van der Waals surface area contributed by atoms with E-state index in [1.807, 2.05) is 27.7 Å². The van der Waals surface area contributed by atoms with Crippen LogP contribution in [0.5, 0.6) is 5.75 Å². The van der Waals surface area contributed by atoms with Crippen molar-refractivity contribution in [3.63, 3.8) is 0 Å². The lowest BCUT2D eigenvalue weighted by Gasteiger charge is -2.34. The van der Waals surface area contributed by atoms with Gasteiger partial charge in [-0.05, 0) is 114 Å². The molecule has 0 bridgehead atoms. The second kappa shape index (κ2) is 29.9. The van der Waals surface area contributed by atoms with E-state index in [9.17, 15) is 53.4 Å². The van der Waals surface area contributed by atoms with Gasteiger partial charge in [-0.15, -0.1) is 0 Å². The number of carbonyl (C=O) groups is 9. The number of nitrogens with two attached hydrogens (primary N) is 5. The summed E-state index contributed by atoms with van der Waals surface area (Å²) in [4.78, 5) is 136. The van der Waals surface area contributed by atoms with Gasteiger partial charge < -0.3 is 80.2 Å². The lowest BCUT2D eigenvalue weighted by atomic mass is 10.0. The number of likely N-dealkylation sites (tertiary alicyclic amines) is 3. The summed E-state index contributed by atoms with van der Waals surface area (Å²) in [7, 11) is 0. The number of aliphatic imine (C=N–C) groups is 2. The second-order valence-corrected chi connectivity index (χ2v) is 21.0. The minimum Gasteiger partial charge on any atom is -0.508 e. The molecule has 428 valence electrons. The van der Waals surface area contributed by atoms with Gasteiger partial charge in [0.25, 0.3) is 0 Å². The van der Waals surface area contributed by atoms with Crippen molar-refractivity contribution in [2.24, 2.45) is 50.5 Å². The number of guanidine groups is 2. The molecule has 4 rings (SSSR count). The number of benzene rings is 1. The average molecular weight is 1080 g/mol. The SMILES string of the molecule is CC(C)C[C@H](NC(=O)[C@@H]1CCCN1C(=O)[C@@H]1CCCN1C(=O)[C@H](CC(C)C)NC(=O)[C@H](C)NC(=O)[C@@H](N)CCCN=C(N)N)C(=O)N1CCC[C@H]1C(=O)N[C@@H](CCCN=C(N)N)C(=O)N[C@@H](Cc1ccc(O)cc1)C(=O)O. The molecule has 0 aromatic heterocycles. The molecule has 1 aromatic carbocycles. The summed E-state index contributed by atoms with van der Waals surface area (Å²) < 4.78 is 0. The minimum atomic E-state index is -1.40. The van der Waals surface area contributed by atoms with Crippen molar-refractivity contribution in [3.05, 3.63) is 29.8 Å². The molecule has 0 aliphatic carbocycles. The minimum absolute atomic E-state index is 0.00685. The molecule has 3 saturated heterocycles. The highest BCUT2D eigenvalue weighted by Crippen LogP contribution is 2.28. The topological polar surface area (TPSA) is 419 Å². The molecular formula is C51H83N15O11. The number of phenols is 1. The number of rotatable bonds is 28. The molecule has 0 radical (unpaired) electrons. The van der Waals surface area contributed by atoms with Gasteiger partial charge in [0.2, 0.25) is 47.3 Å². The van der Waals surface area contributed by atoms with Crippen LogP contribution < -0.4 is 55.3 Å². The molecule has 3 aliphatic heterocycles. The zero-order chi connectivity index (χ0) is 57.1. The standard InChI is InChI=1S/C51H83N15O11/c1-28(2)25-35(61-41(68)30(5)59-42(69)33(52)11-6-20-57-50(53)54)47(74)66-24-10-15-40(66)48(75)65-23-9-14-39(65)45(72)62-36(26-29(3)4)46(73)64-22-8-13-38(64)44(71)60-34(12-7-21-58-51(55)56)43(70)63-37(49(76)77)27-31-16-18-32(67)19-17-31/h16-19,28-30,33-40,67H,6-15,20-27,52H2,1-5H3,(H,59,69)(H,60,71)(H,61,68)(H,62,72)(H,63,70)(H,76,77)(H4,53,54,57)(H4,55,56,58)/t30-,33-,34-,35-,36-,37-,38-,39-,40-/m0/s1. The van der Waals surface area contributed by atoms with Crippen LogP contribution in [0.15, 0.2) is 34.3 Å². The Balaban J connectivity index is 1.45. The number of phenolic OH excluding ortho intramolecular Hbond substituents is 1. The third kappa shape index (κ3) is 19.1. The van der Waals surface area contributed by atoms with Gasteiger partial charge in [0.05, 0.1) is 6.04 Å². The maximum absolute atomic E-state index is 14.5. The van der Waals surface area contributed by atoms with Gasteiger partial charge in [-0.2, -0.15) is 0 Å². The lowest BCUT2D eigenvalue weighted by molar-refractivity contribution is -0.149. The van der Waals surface area contributed by atoms with E-state index in [2.05, 4.69) is 36.6 Å². The largest absolute Gasteiger partial charge is 0.508 e. The van der Waals surface area contributed by atoms with E-state index in [1.54, 1.807) is 0 Å². The van der Waals surface area contributed by atoms with Gasteiger partial charge in [-0.3, -0.25) is 48.3 Å². The van der Waals surface area contributed by atoms with Gasteiger partial charge in [0.1, 0.15) is 54.1 Å². The van der Waals surface area contributed by atoms with Gasteiger partial charge >= 0.3 is 5.97 Å². The molecule has 77 heavy (non-hydrogen) atoms. The molecular weight excluding hydrogens is 999 g/mol. The first-order valence-electron chi connectivity index (χ1n) is 26.7. The molecule has 26 nitrogen and oxygen atoms in total. The summed E-state index contributed by atoms with van der Waals surface area (Å²) in [5, 5.41) is 33.2. The van der Waals surface area contributed by atoms with E-state index < -0.39 is 108 Å². The number of nitrogens with one attached hydrogen (secondary N) is 5. The van der Waals surface area contributed by atoms with Crippen LogP contribution in [-0.2, 0) is 49.6 Å². The number of amides is 8. The van der Waals surface area contributed by atoms with Crippen molar-refractivity contribution in [2.75, 3.05) is 32.7 Å². The summed E-state index contributed by atoms with van der Waals surface area (Å²) in [6, 6.07) is -3.91. The van der Waals surface area contributed by atoms with Gasteiger partial charge in [-0.1, -0.05) is 39.8 Å². The summed E-state index contributed by atoms with van der Waals surface area (Å²) in [5.41, 5.74) is 28.2. The monoisotopic (exact) mass is 1080 g/mol. The van der Waals surface area contributed by atoms with E-state index in [1.165, 1.54) is 45.9 Å². The fraction of sp³-hybridized carbons (Fsp3) is 0.667. The van der Waals surface area contributed by atoms with Crippen LogP contribution in [0.3, 0.4) is 0 Å². The predicted octanol–water partition coefficient (Wildman–Crippen LogP) is -2.04. The number of aliphatic carboxylic acids is 1. The predicted molar refractivity (Wildman–Crippen MR) is 286 cm³/mol. The van der Waals surface area contributed by atoms with Gasteiger partial charge in [-0.25, -0.2) is 4.79 Å². The molecule has 3 heterocycles. The highest BCUT2D eigenvalue weighted by Gasteiger charge is 2.45. The Bertz CT molecular complexity index is 2290. The summed E-state index contributed by atoms with van der Waals surface area (Å²) >= 11 is 0. The van der Waals surface area contributed by atoms with Crippen LogP contribution in [0.2, 0.25) is 0 Å². The highest BCUT2D eigenvalue weighted by molar-refractivity contribution is 5.98. The smallest absolute Gasteiger partial charge is 0.326 e. The van der Waals surface area contributed by atoms with E-state index in [0.717, 1.165) is 0 Å². The van der Waals surface area contributed by atoms with Crippen molar-refractivity contribution in [3.8, 4) is 5.75 Å². The molecule has 8 amide bonds. The first kappa shape index (κ1) is 62.3. The molecule has 26 heteroatoms. The molecule has 3 aliphatic rings. The van der Waals surface area contributed by atoms with E-state index in [0.29, 0.717) is 37.7 Å². The number of carbonyl (C=O) groups excluding carboxylic acids is 8. The number of carboxylic acid groups (broad SMARTS) is 1. The van der Waals surface area contributed by atoms with Crippen LogP contribution in [0.25, 0.3) is 0 Å². The molecule has 9 atom stereocenters. The van der Waals surface area contributed by atoms with Crippen molar-refractivity contribution in [2.45, 2.75) is 172 Å². The molecule has 17 N–H and O–H groups in total. The third-order valence-electron chi connectivity index (χ3n) is 13.8. The molecule has 3 fully saturated rings. The Kier molecular flexibility index (Phi) is 24.2. The second-order valence-electron chi connectivity index (χ2n) is 21.0. The quantitative estimate of drug-likeness (QED) is 0.0244. The first-order chi connectivity index (χ1) is 36.4. The lowest BCUT2D eigenvalue weighted by Crippen LogP contribution is -2.60. The van der Waals surface area contributed by atoms with Crippen molar-refractivity contribution >= 4 is 65.1 Å². The number of hydrogen-bond donors (Lipinski definition) is 12. The Labute approximate surface area is 449 Å². The molecule has 1 aromatic rings. The Morgan fingerprint density at radius 3 is 1.56 bits per heavy atom. The van der Waals surface area contributed by atoms with E-state index >= 15 is 0 Å². The Hall–Kier alpha value is -7.25. The fourth-order valence-electron chi connectivity index (χ4n) is 9.85. The number of nitrogens with zero attached hydrogens (tertiary/aromatic N) is 5. The van der Waals surface area contributed by atoms with Crippen LogP contribution in [-0.4, -0.2) is 177 Å². The maximum atomic E-state index is 14.5. The summed E-state index contributed by atoms with van der Waals surface area (Å²) in [6.45, 7) is 9.98. The molecule has 0 spiro atoms. The van der Waals surface area contributed by atoms with Crippen molar-refractivity contribution in [1.82, 2.24) is 41.3 Å². The van der Waals surface area contributed by atoms with E-state index in [-0.39, 0.29) is 114 Å². The van der Waals surface area contributed by atoms with Gasteiger partial charge in [0, 0.05) is 39.1 Å². The van der Waals surface area contributed by atoms with E-state index in [4.69, 9.17) is 28.7 Å². The average Bonchev–Trinajstić information content (AvgIpc) is 4.18. The fourth-order valence-corrected chi connectivity index (χ4v) is 9.85. The van der Waals surface area contributed by atoms with Gasteiger partial charge in [0.15, 0.2) is 11.9 Å². The first-order valence-corrected chi connectivity index (χ1v) is 26.7. The number of hydrogen-bond acceptors (Lipinski definition) is 13.